The molecule has 0 amide bonds. The Bertz CT molecular complexity index is 781. The summed E-state index contributed by atoms with van der Waals surface area (Å²) >= 11 is 0. The summed E-state index contributed by atoms with van der Waals surface area (Å²) in [6.45, 7) is 0.808. The molecule has 2 aliphatic carbocycles. The van der Waals surface area contributed by atoms with Crippen LogP contribution in [0.3, 0.4) is 0 Å². The molecule has 1 aromatic carbocycles. The molecule has 4 atom stereocenters. The van der Waals surface area contributed by atoms with Gasteiger partial charge in [-0.2, -0.15) is 0 Å². The van der Waals surface area contributed by atoms with Gasteiger partial charge in [0.15, 0.2) is 23.4 Å². The molecular weight excluding hydrogens is 282 g/mol. The molecule has 2 heterocycles. The summed E-state index contributed by atoms with van der Waals surface area (Å²) in [5.41, 5.74) is 2.85. The average molecular weight is 299 g/mol. The molecule has 1 fully saturated rings. The number of aromatic hydroxyl groups is 1. The predicted octanol–water partition coefficient (Wildman–Crippen LogP) is 0.993. The zero-order chi connectivity index (χ0) is 15.3. The lowest BCUT2D eigenvalue weighted by Crippen LogP contribution is -2.73. The number of aliphatic hydroxyl groups excluding tert-OH is 1. The highest BCUT2D eigenvalue weighted by molar-refractivity contribution is 5.64. The molecular formula is C17H17NO4. The summed E-state index contributed by atoms with van der Waals surface area (Å²) in [5.74, 6) is 0.471. The predicted molar refractivity (Wildman–Crippen MR) is 78.1 cm³/mol. The molecule has 1 aromatic rings. The molecule has 3 N–H and O–H groups in total. The molecule has 5 rings (SSSR count). The van der Waals surface area contributed by atoms with Crippen molar-refractivity contribution in [1.29, 1.82) is 0 Å². The van der Waals surface area contributed by atoms with Crippen LogP contribution in [0.15, 0.2) is 29.7 Å². The molecule has 0 aromatic heterocycles. The molecule has 0 saturated carbocycles. The molecule has 5 nitrogen and oxygen atoms in total. The lowest BCUT2D eigenvalue weighted by molar-refractivity contribution is -0.130. The van der Waals surface area contributed by atoms with Crippen molar-refractivity contribution in [3.63, 3.8) is 0 Å². The molecule has 1 spiro atoms. The fourth-order valence-corrected chi connectivity index (χ4v) is 5.04. The van der Waals surface area contributed by atoms with E-state index >= 15 is 0 Å². The standard InChI is InChI=1S/C17H17NO4/c1-18-7-6-16-13-9-2-3-10(19)14(13)22-15(16)11(20)4-5-17(16,21)12(18)8-9/h2-3,5,12,15,19-21H,6-8H2,1H3/t12-,15+,16+,17-/m1/s1. The maximum absolute atomic E-state index is 11.5. The van der Waals surface area contributed by atoms with E-state index < -0.39 is 17.1 Å². The van der Waals surface area contributed by atoms with Crippen LogP contribution < -0.4 is 4.74 Å². The highest BCUT2D eigenvalue weighted by Gasteiger charge is 2.71. The third-order valence-electron chi connectivity index (χ3n) is 6.07. The Morgan fingerprint density at radius 3 is 3.00 bits per heavy atom. The van der Waals surface area contributed by atoms with Crippen molar-refractivity contribution < 1.29 is 20.1 Å². The number of hydrogen-bond donors (Lipinski definition) is 3. The normalized spacial score (nSPS) is 40.9. The molecule has 114 valence electrons. The molecule has 2 aliphatic heterocycles. The summed E-state index contributed by atoms with van der Waals surface area (Å²) < 4.78 is 5.92. The second-order valence-electron chi connectivity index (χ2n) is 6.87. The smallest absolute Gasteiger partial charge is 0.177 e. The molecule has 1 saturated heterocycles. The number of phenolic OH excluding ortho intramolecular Hbond substituents is 1. The first-order chi connectivity index (χ1) is 10.5. The first-order valence-electron chi connectivity index (χ1n) is 7.60. The van der Waals surface area contributed by atoms with Gasteiger partial charge in [0, 0.05) is 11.6 Å². The van der Waals surface area contributed by atoms with Gasteiger partial charge in [0.25, 0.3) is 0 Å². The van der Waals surface area contributed by atoms with Crippen molar-refractivity contribution in [1.82, 2.24) is 4.90 Å². The van der Waals surface area contributed by atoms with Crippen LogP contribution in [0, 0.1) is 0 Å². The van der Waals surface area contributed by atoms with Crippen molar-refractivity contribution in [2.45, 2.75) is 36.0 Å². The molecule has 0 radical (unpaired) electrons. The average Bonchev–Trinajstić information content (AvgIpc) is 2.85. The summed E-state index contributed by atoms with van der Waals surface area (Å²) in [6.07, 6.45) is 2.27. The SMILES string of the molecule is CN1CC[C@]23c4c5ccc(O)c4O[C@H]2C(O)=C=C[C@@]3(O)[C@H]1C5. The van der Waals surface area contributed by atoms with Gasteiger partial charge in [-0.25, -0.2) is 0 Å². The minimum absolute atomic E-state index is 0.00331. The number of benzene rings is 1. The third-order valence-corrected chi connectivity index (χ3v) is 6.07. The van der Waals surface area contributed by atoms with E-state index in [4.69, 9.17) is 4.74 Å². The number of piperidine rings is 1. The Balaban J connectivity index is 1.92. The number of nitrogens with zero attached hydrogens (tertiary/aromatic N) is 1. The van der Waals surface area contributed by atoms with E-state index in [2.05, 4.69) is 10.6 Å². The lowest BCUT2D eigenvalue weighted by atomic mass is 9.52. The Labute approximate surface area is 127 Å². The molecule has 22 heavy (non-hydrogen) atoms. The van der Waals surface area contributed by atoms with Crippen LogP contribution in [0.2, 0.25) is 0 Å². The van der Waals surface area contributed by atoms with Crippen LogP contribution in [-0.2, 0) is 11.8 Å². The van der Waals surface area contributed by atoms with Gasteiger partial charge in [0.1, 0.15) is 5.60 Å². The summed E-state index contributed by atoms with van der Waals surface area (Å²) in [4.78, 5) is 2.16. The largest absolute Gasteiger partial charge is 0.504 e. The van der Waals surface area contributed by atoms with Crippen LogP contribution in [0.5, 0.6) is 11.5 Å². The Morgan fingerprint density at radius 2 is 2.18 bits per heavy atom. The number of likely N-dealkylation sites (tertiary alicyclic amines) is 1. The second kappa shape index (κ2) is 3.51. The van der Waals surface area contributed by atoms with Gasteiger partial charge in [-0.15, -0.1) is 0 Å². The summed E-state index contributed by atoms with van der Waals surface area (Å²) in [5, 5.41) is 32.0. The first-order valence-corrected chi connectivity index (χ1v) is 7.60. The van der Waals surface area contributed by atoms with Gasteiger partial charge in [-0.1, -0.05) is 11.8 Å². The topological polar surface area (TPSA) is 73.2 Å². The van der Waals surface area contributed by atoms with Crippen LogP contribution >= 0.6 is 0 Å². The van der Waals surface area contributed by atoms with Crippen molar-refractivity contribution in [2.75, 3.05) is 13.6 Å². The zero-order valence-corrected chi connectivity index (χ0v) is 12.2. The van der Waals surface area contributed by atoms with E-state index in [9.17, 15) is 15.3 Å². The molecule has 0 unspecified atom stereocenters. The molecule has 2 bridgehead atoms. The van der Waals surface area contributed by atoms with Crippen LogP contribution in [0.25, 0.3) is 0 Å². The summed E-state index contributed by atoms with van der Waals surface area (Å²) in [7, 11) is 2.01. The number of phenols is 1. The third kappa shape index (κ3) is 1.07. The number of hydrogen-bond acceptors (Lipinski definition) is 5. The highest BCUT2D eigenvalue weighted by atomic mass is 16.5. The van der Waals surface area contributed by atoms with Crippen LogP contribution in [0.4, 0.5) is 0 Å². The van der Waals surface area contributed by atoms with E-state index in [1.165, 1.54) is 0 Å². The monoisotopic (exact) mass is 299 g/mol. The van der Waals surface area contributed by atoms with Crippen molar-refractivity contribution in [3.05, 3.63) is 40.8 Å². The lowest BCUT2D eigenvalue weighted by Gasteiger charge is -2.59. The van der Waals surface area contributed by atoms with Crippen LogP contribution in [0.1, 0.15) is 17.5 Å². The molecule has 4 aliphatic rings. The fourth-order valence-electron chi connectivity index (χ4n) is 5.04. The van der Waals surface area contributed by atoms with Gasteiger partial charge in [0.05, 0.1) is 5.41 Å². The first kappa shape index (κ1) is 12.6. The van der Waals surface area contributed by atoms with Gasteiger partial charge in [0.2, 0.25) is 0 Å². The van der Waals surface area contributed by atoms with Crippen molar-refractivity contribution >= 4 is 0 Å². The Hall–Kier alpha value is -1.94. The van der Waals surface area contributed by atoms with Gasteiger partial charge >= 0.3 is 0 Å². The highest BCUT2D eigenvalue weighted by Crippen LogP contribution is 2.63. The van der Waals surface area contributed by atoms with Crippen molar-refractivity contribution in [2.24, 2.45) is 0 Å². The van der Waals surface area contributed by atoms with Gasteiger partial charge < -0.3 is 20.1 Å². The number of likely N-dealkylation sites (N-methyl/N-ethyl adjacent to an activating group) is 1. The van der Waals surface area contributed by atoms with Crippen LogP contribution in [-0.4, -0.2) is 51.6 Å². The number of rotatable bonds is 0. The second-order valence-corrected chi connectivity index (χ2v) is 6.87. The minimum Gasteiger partial charge on any atom is -0.504 e. The van der Waals surface area contributed by atoms with Gasteiger partial charge in [-0.05, 0) is 44.1 Å². The van der Waals surface area contributed by atoms with E-state index in [1.807, 2.05) is 13.1 Å². The van der Waals surface area contributed by atoms with Crippen molar-refractivity contribution in [3.8, 4) is 11.5 Å². The van der Waals surface area contributed by atoms with Gasteiger partial charge in [-0.3, -0.25) is 4.90 Å². The van der Waals surface area contributed by atoms with E-state index in [1.54, 1.807) is 12.1 Å². The van der Waals surface area contributed by atoms with E-state index in [0.717, 1.165) is 17.7 Å². The van der Waals surface area contributed by atoms with E-state index in [-0.39, 0.29) is 17.6 Å². The zero-order valence-electron chi connectivity index (χ0n) is 12.2. The maximum atomic E-state index is 11.5. The minimum atomic E-state index is -1.15. The fraction of sp³-hybridized carbons (Fsp3) is 0.471. The maximum Gasteiger partial charge on any atom is 0.177 e. The van der Waals surface area contributed by atoms with E-state index in [0.29, 0.717) is 18.6 Å². The summed E-state index contributed by atoms with van der Waals surface area (Å²) in [6, 6.07) is 3.46. The quantitative estimate of drug-likeness (QED) is 0.623. The Kier molecular flexibility index (Phi) is 2.01. The Morgan fingerprint density at radius 1 is 1.36 bits per heavy atom. The number of aliphatic hydroxyl groups is 2. The molecule has 5 heteroatoms. The number of ether oxygens (including phenoxy) is 1.